The van der Waals surface area contributed by atoms with Crippen LogP contribution in [-0.4, -0.2) is 79.3 Å². The fourth-order valence-electron chi connectivity index (χ4n) is 5.74. The van der Waals surface area contributed by atoms with Crippen LogP contribution in [0, 0.1) is 0 Å². The van der Waals surface area contributed by atoms with E-state index in [0.29, 0.717) is 25.1 Å². The summed E-state index contributed by atoms with van der Waals surface area (Å²) in [7, 11) is -2.36. The van der Waals surface area contributed by atoms with Crippen molar-refractivity contribution in [2.75, 3.05) is 30.7 Å². The maximum absolute atomic E-state index is 14.0. The van der Waals surface area contributed by atoms with Gasteiger partial charge in [0.15, 0.2) is 0 Å². The molecule has 4 aromatic rings. The Balaban J connectivity index is 1.61. The van der Waals surface area contributed by atoms with Crippen molar-refractivity contribution in [1.82, 2.24) is 25.3 Å². The van der Waals surface area contributed by atoms with E-state index in [1.54, 1.807) is 10.9 Å². The first-order chi connectivity index (χ1) is 24.3. The monoisotopic (exact) mass is 715 g/mol. The zero-order chi connectivity index (χ0) is 37.1. The number of carbonyl (C=O) groups is 3. The molecule has 0 fully saturated rings. The molecule has 3 aromatic carbocycles. The van der Waals surface area contributed by atoms with E-state index in [-0.39, 0.29) is 35.3 Å². The molecule has 272 valence electrons. The Kier molecular flexibility index (Phi) is 13.5. The van der Waals surface area contributed by atoms with Crippen LogP contribution in [0.3, 0.4) is 0 Å². The fourth-order valence-corrected chi connectivity index (χ4v) is 6.22. The summed E-state index contributed by atoms with van der Waals surface area (Å²) >= 11 is 0. The lowest BCUT2D eigenvalue weighted by Gasteiger charge is -2.26. The number of carbonyl (C=O) groups excluding carboxylic acids is 3. The summed E-state index contributed by atoms with van der Waals surface area (Å²) in [5.41, 5.74) is 9.41. The molecule has 12 nitrogen and oxygen atoms in total. The molecule has 0 saturated heterocycles. The van der Waals surface area contributed by atoms with Crippen molar-refractivity contribution in [3.05, 3.63) is 119 Å². The third-order valence-electron chi connectivity index (χ3n) is 8.63. The van der Waals surface area contributed by atoms with Crippen LogP contribution in [-0.2, 0) is 23.0 Å². The largest absolute Gasteiger partial charge is 0.347 e. The van der Waals surface area contributed by atoms with Gasteiger partial charge in [-0.15, -0.1) is 0 Å². The first-order valence-electron chi connectivity index (χ1n) is 17.2. The highest BCUT2D eigenvalue weighted by molar-refractivity contribution is 7.92. The van der Waals surface area contributed by atoms with Gasteiger partial charge in [0.1, 0.15) is 0 Å². The number of hydrogen-bond donors (Lipinski definition) is 3. The molecule has 3 amide bonds. The fraction of sp³-hybridized carbons (Fsp3) is 0.368. The van der Waals surface area contributed by atoms with Crippen LogP contribution in [0.2, 0.25) is 0 Å². The topological polar surface area (TPSA) is 160 Å². The minimum absolute atomic E-state index is 0.0877. The number of hydrogen-bond acceptors (Lipinski definition) is 7. The second-order valence-corrected chi connectivity index (χ2v) is 14.8. The summed E-state index contributed by atoms with van der Waals surface area (Å²) in [5, 5.41) is 10.4. The molecule has 0 radical (unpaired) electrons. The molecule has 1 aromatic heterocycles. The van der Waals surface area contributed by atoms with E-state index in [1.165, 1.54) is 31.4 Å². The molecule has 0 unspecified atom stereocenters. The molecule has 0 saturated carbocycles. The van der Waals surface area contributed by atoms with Crippen molar-refractivity contribution < 1.29 is 22.8 Å². The smallest absolute Gasteiger partial charge is 0.257 e. The van der Waals surface area contributed by atoms with Crippen molar-refractivity contribution >= 4 is 33.4 Å². The van der Waals surface area contributed by atoms with Crippen molar-refractivity contribution in [1.29, 1.82) is 0 Å². The van der Waals surface area contributed by atoms with Crippen LogP contribution in [0.5, 0.6) is 0 Å². The maximum atomic E-state index is 14.0. The zero-order valence-corrected chi connectivity index (χ0v) is 30.8. The highest BCUT2D eigenvalue weighted by Crippen LogP contribution is 2.22. The van der Waals surface area contributed by atoms with Crippen LogP contribution in [0.1, 0.15) is 81.9 Å². The maximum Gasteiger partial charge on any atom is 0.257 e. The number of nitrogens with one attached hydrogen (secondary N) is 2. The molecule has 3 atom stereocenters. The van der Waals surface area contributed by atoms with E-state index in [9.17, 15) is 22.8 Å². The lowest BCUT2D eigenvalue weighted by atomic mass is 9.98. The minimum Gasteiger partial charge on any atom is -0.347 e. The van der Waals surface area contributed by atoms with Crippen LogP contribution in [0.15, 0.2) is 91.3 Å². The molecule has 0 spiro atoms. The van der Waals surface area contributed by atoms with Crippen LogP contribution in [0.4, 0.5) is 5.69 Å². The van der Waals surface area contributed by atoms with Gasteiger partial charge in [0.2, 0.25) is 10.0 Å². The third-order valence-corrected chi connectivity index (χ3v) is 9.84. The lowest BCUT2D eigenvalue weighted by Crippen LogP contribution is -2.51. The Labute approximate surface area is 301 Å². The van der Waals surface area contributed by atoms with E-state index >= 15 is 0 Å². The number of nitrogens with zero attached hydrogens (tertiary/aromatic N) is 4. The second-order valence-electron chi connectivity index (χ2n) is 12.8. The standard InChI is InChI=1S/C38H49N7O5S/c1-6-18-44(19-7-2)38(48)32-24-40-45(25-32)26-34(39)35(20-28-14-10-8-11-15-28)42-37(47)31-21-30(22-33(23-31)43(4)51(5,49)50)36(46)41-27(3)29-16-12-9-13-17-29/h8-17,21-25,27,34-35H,6-7,18-20,26,39H2,1-5H3,(H,41,46)(H,42,47)/t27-,34+,35+/m1/s1. The summed E-state index contributed by atoms with van der Waals surface area (Å²) in [6, 6.07) is 21.7. The summed E-state index contributed by atoms with van der Waals surface area (Å²) in [4.78, 5) is 42.5. The van der Waals surface area contributed by atoms with Crippen molar-refractivity contribution in [3.8, 4) is 0 Å². The molecule has 1 heterocycles. The average Bonchev–Trinajstić information content (AvgIpc) is 3.59. The van der Waals surface area contributed by atoms with Gasteiger partial charge in [0.05, 0.1) is 42.3 Å². The molecule has 0 bridgehead atoms. The Morgan fingerprint density at radius 2 is 1.43 bits per heavy atom. The van der Waals surface area contributed by atoms with Gasteiger partial charge >= 0.3 is 0 Å². The van der Waals surface area contributed by atoms with Gasteiger partial charge in [-0.25, -0.2) is 8.42 Å². The first-order valence-corrected chi connectivity index (χ1v) is 19.0. The van der Waals surface area contributed by atoms with Crippen LogP contribution in [0.25, 0.3) is 0 Å². The van der Waals surface area contributed by atoms with Gasteiger partial charge < -0.3 is 21.3 Å². The van der Waals surface area contributed by atoms with E-state index in [1.807, 2.05) is 86.3 Å². The highest BCUT2D eigenvalue weighted by atomic mass is 32.2. The molecule has 0 aliphatic carbocycles. The first kappa shape index (κ1) is 38.8. The summed E-state index contributed by atoms with van der Waals surface area (Å²) in [6.45, 7) is 7.41. The molecular formula is C38H49N7O5S. The molecule has 4 N–H and O–H groups in total. The number of amides is 3. The van der Waals surface area contributed by atoms with Gasteiger partial charge in [-0.3, -0.25) is 23.4 Å². The van der Waals surface area contributed by atoms with Gasteiger partial charge in [-0.2, -0.15) is 5.10 Å². The SMILES string of the molecule is CCCN(CCC)C(=O)c1cnn(C[C@H](N)[C@H](Cc2ccccc2)NC(=O)c2cc(C(=O)N[C@H](C)c3ccccc3)cc(N(C)S(C)(=O)=O)c2)c1. The predicted octanol–water partition coefficient (Wildman–Crippen LogP) is 4.40. The van der Waals surface area contributed by atoms with Gasteiger partial charge in [0, 0.05) is 43.5 Å². The van der Waals surface area contributed by atoms with Gasteiger partial charge in [-0.05, 0) is 55.5 Å². The number of nitrogens with two attached hydrogens (primary N) is 1. The average molecular weight is 716 g/mol. The highest BCUT2D eigenvalue weighted by Gasteiger charge is 2.25. The molecule has 51 heavy (non-hydrogen) atoms. The Hall–Kier alpha value is -5.01. The summed E-state index contributed by atoms with van der Waals surface area (Å²) < 4.78 is 27.7. The molecule has 4 rings (SSSR count). The second kappa shape index (κ2) is 17.8. The van der Waals surface area contributed by atoms with Gasteiger partial charge in [-0.1, -0.05) is 74.5 Å². The van der Waals surface area contributed by atoms with Crippen molar-refractivity contribution in [3.63, 3.8) is 0 Å². The summed E-state index contributed by atoms with van der Waals surface area (Å²) in [6.07, 6.45) is 6.33. The van der Waals surface area contributed by atoms with Gasteiger partial charge in [0.25, 0.3) is 17.7 Å². The number of benzene rings is 3. The van der Waals surface area contributed by atoms with Crippen LogP contribution < -0.4 is 20.7 Å². The predicted molar refractivity (Wildman–Crippen MR) is 200 cm³/mol. The number of sulfonamides is 1. The number of anilines is 1. The normalized spacial score (nSPS) is 13.1. The Morgan fingerprint density at radius 1 is 0.863 bits per heavy atom. The zero-order valence-electron chi connectivity index (χ0n) is 30.0. The number of aromatic nitrogens is 2. The van der Waals surface area contributed by atoms with Crippen molar-refractivity contribution in [2.45, 2.75) is 64.7 Å². The van der Waals surface area contributed by atoms with E-state index in [4.69, 9.17) is 5.73 Å². The third kappa shape index (κ3) is 10.7. The Bertz CT molecular complexity index is 1880. The summed E-state index contributed by atoms with van der Waals surface area (Å²) in [5.74, 6) is -1.10. The lowest BCUT2D eigenvalue weighted by molar-refractivity contribution is 0.0755. The quantitative estimate of drug-likeness (QED) is 0.146. The van der Waals surface area contributed by atoms with E-state index < -0.39 is 33.9 Å². The Morgan fingerprint density at radius 3 is 2.00 bits per heavy atom. The van der Waals surface area contributed by atoms with Crippen molar-refractivity contribution in [2.24, 2.45) is 5.73 Å². The van der Waals surface area contributed by atoms with E-state index in [2.05, 4.69) is 15.7 Å². The molecule has 0 aliphatic heterocycles. The van der Waals surface area contributed by atoms with E-state index in [0.717, 1.165) is 34.5 Å². The number of rotatable bonds is 17. The molecular weight excluding hydrogens is 667 g/mol. The molecule has 13 heteroatoms. The molecule has 0 aliphatic rings. The van der Waals surface area contributed by atoms with Crippen LogP contribution >= 0.6 is 0 Å². The minimum atomic E-state index is -3.72.